The van der Waals surface area contributed by atoms with Crippen molar-refractivity contribution in [2.75, 3.05) is 79.3 Å². The number of rotatable bonds is 4. The van der Waals surface area contributed by atoms with Crippen LogP contribution in [0.5, 0.6) is 23.0 Å². The predicted molar refractivity (Wildman–Crippen MR) is 192 cm³/mol. The van der Waals surface area contributed by atoms with Crippen molar-refractivity contribution in [3.63, 3.8) is 0 Å². The molecule has 2 aromatic carbocycles. The topological polar surface area (TPSA) is 73.8 Å². The third-order valence-corrected chi connectivity index (χ3v) is 8.08. The smallest absolute Gasteiger partial charge is 0.161 e. The van der Waals surface area contributed by atoms with Crippen molar-refractivity contribution in [1.29, 1.82) is 0 Å². The van der Waals surface area contributed by atoms with E-state index < -0.39 is 0 Å². The maximum Gasteiger partial charge on any atom is 0.161 e. The molecule has 0 fully saturated rings. The van der Waals surface area contributed by atoms with Crippen molar-refractivity contribution >= 4 is 0 Å². The number of benzene rings is 2. The van der Waals surface area contributed by atoms with Gasteiger partial charge in [0.2, 0.25) is 0 Å². The van der Waals surface area contributed by atoms with Crippen LogP contribution in [-0.4, -0.2) is 79.3 Å². The predicted octanol–water partition coefficient (Wildman–Crippen LogP) is 8.41. The average Bonchev–Trinajstić information content (AvgIpc) is 2.97. The molecular weight excluding hydrogens is 608 g/mol. The zero-order valence-corrected chi connectivity index (χ0v) is 31.6. The molecule has 48 heavy (non-hydrogen) atoms. The van der Waals surface area contributed by atoms with Crippen molar-refractivity contribution in [2.45, 2.75) is 92.9 Å². The monoisotopic (exact) mass is 672 g/mol. The SMILES string of the molecule is CC(C)(C)CC(C)(C)c1ccc2c(c1)OCCOCCOCCOc1cc(C(C)(C)CC(C)(C)C)ccc1OCCOCCOCCO2. The molecule has 0 atom stereocenters. The Labute approximate surface area is 291 Å². The lowest BCUT2D eigenvalue weighted by molar-refractivity contribution is 0.0223. The van der Waals surface area contributed by atoms with Gasteiger partial charge in [-0.2, -0.15) is 0 Å². The Morgan fingerprint density at radius 2 is 0.646 bits per heavy atom. The second-order valence-corrected chi connectivity index (χ2v) is 16.4. The van der Waals surface area contributed by atoms with Crippen LogP contribution in [0.25, 0.3) is 0 Å². The summed E-state index contributed by atoms with van der Waals surface area (Å²) in [6, 6.07) is 12.5. The van der Waals surface area contributed by atoms with E-state index in [1.807, 2.05) is 12.1 Å². The van der Waals surface area contributed by atoms with Gasteiger partial charge in [-0.25, -0.2) is 0 Å². The van der Waals surface area contributed by atoms with Crippen molar-refractivity contribution in [1.82, 2.24) is 0 Å². The Morgan fingerprint density at radius 3 is 0.938 bits per heavy atom. The summed E-state index contributed by atoms with van der Waals surface area (Å²) in [5.74, 6) is 2.83. The van der Waals surface area contributed by atoms with Crippen LogP contribution in [-0.2, 0) is 29.8 Å². The van der Waals surface area contributed by atoms with Gasteiger partial charge in [-0.1, -0.05) is 81.4 Å². The molecule has 0 bridgehead atoms. The van der Waals surface area contributed by atoms with Crippen molar-refractivity contribution in [2.24, 2.45) is 10.8 Å². The number of fused-ring (bicyclic) bond motifs is 2. The van der Waals surface area contributed by atoms with Crippen LogP contribution in [0.15, 0.2) is 36.4 Å². The fourth-order valence-corrected chi connectivity index (χ4v) is 6.66. The molecule has 0 aliphatic carbocycles. The summed E-state index contributed by atoms with van der Waals surface area (Å²) in [4.78, 5) is 0. The second-order valence-electron chi connectivity index (χ2n) is 16.4. The summed E-state index contributed by atoms with van der Waals surface area (Å²) < 4.78 is 47.8. The molecule has 0 saturated heterocycles. The van der Waals surface area contributed by atoms with Crippen LogP contribution >= 0.6 is 0 Å². The molecule has 0 unspecified atom stereocenters. The quantitative estimate of drug-likeness (QED) is 0.321. The zero-order chi connectivity index (χ0) is 35.3. The first-order chi connectivity index (χ1) is 22.6. The number of hydrogen-bond acceptors (Lipinski definition) is 8. The molecule has 1 aliphatic heterocycles. The highest BCUT2D eigenvalue weighted by Gasteiger charge is 2.29. The highest BCUT2D eigenvalue weighted by atomic mass is 16.6. The molecule has 0 radical (unpaired) electrons. The molecule has 0 saturated carbocycles. The zero-order valence-electron chi connectivity index (χ0n) is 31.6. The highest BCUT2D eigenvalue weighted by molar-refractivity contribution is 5.46. The lowest BCUT2D eigenvalue weighted by Crippen LogP contribution is -2.25. The minimum Gasteiger partial charge on any atom is -0.487 e. The molecule has 0 aromatic heterocycles. The molecule has 0 N–H and O–H groups in total. The van der Waals surface area contributed by atoms with Crippen molar-refractivity contribution in [3.05, 3.63) is 47.5 Å². The Hall–Kier alpha value is -2.52. The lowest BCUT2D eigenvalue weighted by Gasteiger charge is -2.33. The van der Waals surface area contributed by atoms with Crippen molar-refractivity contribution < 1.29 is 37.9 Å². The van der Waals surface area contributed by atoms with Gasteiger partial charge in [0.05, 0.1) is 52.9 Å². The number of ether oxygens (including phenoxy) is 8. The van der Waals surface area contributed by atoms with E-state index in [0.717, 1.165) is 24.3 Å². The Balaban J connectivity index is 1.62. The maximum atomic E-state index is 6.20. The van der Waals surface area contributed by atoms with Gasteiger partial charge in [0.15, 0.2) is 23.0 Å². The molecule has 8 nitrogen and oxygen atoms in total. The van der Waals surface area contributed by atoms with E-state index in [9.17, 15) is 0 Å². The van der Waals surface area contributed by atoms with Crippen LogP contribution in [0.3, 0.4) is 0 Å². The Bertz CT molecular complexity index is 1130. The molecular formula is C40H64O8. The molecule has 3 rings (SSSR count). The Morgan fingerprint density at radius 1 is 0.375 bits per heavy atom. The van der Waals surface area contributed by atoms with E-state index in [2.05, 4.69) is 93.5 Å². The summed E-state index contributed by atoms with van der Waals surface area (Å²) in [5, 5.41) is 0. The standard InChI is InChI=1S/C40H64O8/c1-37(2,3)29-39(7,8)31-11-13-33-35(27-31)47-25-21-43-17-18-44-22-26-48-36-28-32(40(9,10)30-38(4,5)6)12-14-34(36)46-24-20-42-16-15-41-19-23-45-33/h11-14,27-28H,15-26,29-30H2,1-10H3. The van der Waals surface area contributed by atoms with Crippen LogP contribution < -0.4 is 18.9 Å². The van der Waals surface area contributed by atoms with Gasteiger partial charge >= 0.3 is 0 Å². The second kappa shape index (κ2) is 18.5. The van der Waals surface area contributed by atoms with Crippen LogP contribution in [0.1, 0.15) is 93.2 Å². The largest absolute Gasteiger partial charge is 0.487 e. The molecule has 2 aromatic rings. The number of hydrogen-bond donors (Lipinski definition) is 0. The van der Waals surface area contributed by atoms with Gasteiger partial charge in [0.1, 0.15) is 26.4 Å². The lowest BCUT2D eigenvalue weighted by atomic mass is 9.72. The third kappa shape index (κ3) is 14.5. The van der Waals surface area contributed by atoms with Crippen LogP contribution in [0, 0.1) is 10.8 Å². The minimum absolute atomic E-state index is 0.0196. The first-order valence-corrected chi connectivity index (χ1v) is 17.7. The molecule has 8 heteroatoms. The highest BCUT2D eigenvalue weighted by Crippen LogP contribution is 2.41. The fraction of sp³-hybridized carbons (Fsp3) is 0.700. The van der Waals surface area contributed by atoms with Gasteiger partial charge in [-0.3, -0.25) is 0 Å². The summed E-state index contributed by atoms with van der Waals surface area (Å²) in [5.41, 5.74) is 2.79. The average molecular weight is 673 g/mol. The normalized spacial score (nSPS) is 17.7. The van der Waals surface area contributed by atoms with Gasteiger partial charge in [0, 0.05) is 0 Å². The van der Waals surface area contributed by atoms with Gasteiger partial charge in [0.25, 0.3) is 0 Å². The molecule has 0 amide bonds. The summed E-state index contributed by atoms with van der Waals surface area (Å²) in [6.07, 6.45) is 2.08. The van der Waals surface area contributed by atoms with E-state index in [1.165, 1.54) is 11.1 Å². The van der Waals surface area contributed by atoms with E-state index in [-0.39, 0.29) is 21.7 Å². The first-order valence-electron chi connectivity index (χ1n) is 17.7. The molecule has 272 valence electrons. The van der Waals surface area contributed by atoms with E-state index in [1.54, 1.807) is 0 Å². The van der Waals surface area contributed by atoms with E-state index >= 15 is 0 Å². The summed E-state index contributed by atoms with van der Waals surface area (Å²) in [7, 11) is 0. The first kappa shape index (κ1) is 39.9. The molecule has 1 aliphatic rings. The fourth-order valence-electron chi connectivity index (χ4n) is 6.66. The molecule has 0 spiro atoms. The van der Waals surface area contributed by atoms with Crippen LogP contribution in [0.2, 0.25) is 0 Å². The maximum absolute atomic E-state index is 6.20. The van der Waals surface area contributed by atoms with E-state index in [4.69, 9.17) is 37.9 Å². The minimum atomic E-state index is -0.0196. The summed E-state index contributed by atoms with van der Waals surface area (Å²) in [6.45, 7) is 28.0. The summed E-state index contributed by atoms with van der Waals surface area (Å²) >= 11 is 0. The van der Waals surface area contributed by atoms with Crippen molar-refractivity contribution in [3.8, 4) is 23.0 Å². The molecule has 1 heterocycles. The van der Waals surface area contributed by atoms with Gasteiger partial charge in [-0.05, 0) is 69.9 Å². The van der Waals surface area contributed by atoms with E-state index in [0.29, 0.717) is 90.8 Å². The Kier molecular flexibility index (Phi) is 15.4. The van der Waals surface area contributed by atoms with Crippen LogP contribution in [0.4, 0.5) is 0 Å². The van der Waals surface area contributed by atoms with Gasteiger partial charge in [-0.15, -0.1) is 0 Å². The van der Waals surface area contributed by atoms with Gasteiger partial charge < -0.3 is 37.9 Å². The third-order valence-electron chi connectivity index (χ3n) is 8.08.